The van der Waals surface area contributed by atoms with E-state index in [4.69, 9.17) is 4.74 Å². The van der Waals surface area contributed by atoms with Crippen LogP contribution in [0.1, 0.15) is 34.3 Å². The van der Waals surface area contributed by atoms with Crippen LogP contribution in [-0.2, 0) is 20.0 Å². The largest absolute Gasteiger partial charge is 0.495 e. The van der Waals surface area contributed by atoms with Gasteiger partial charge in [-0.3, -0.25) is 9.52 Å². The van der Waals surface area contributed by atoms with Crippen molar-refractivity contribution in [3.63, 3.8) is 0 Å². The summed E-state index contributed by atoms with van der Waals surface area (Å²) in [5.41, 5.74) is 2.39. The molecule has 4 rings (SSSR count). The maximum absolute atomic E-state index is 13.0. The predicted octanol–water partition coefficient (Wildman–Crippen LogP) is 4.15. The lowest BCUT2D eigenvalue weighted by atomic mass is 10.1. The Balaban J connectivity index is 1.52. The molecule has 1 fully saturated rings. The Morgan fingerprint density at radius 2 is 1.51 bits per heavy atom. The standard InChI is InChI=1S/C26H29N3O6S2/c1-18-6-13-25(35-3)24(16-18)28-36(31,32)21-11-8-20(9-12-21)27-26(30)23-17-22(10-7-19(23)2)37(33,34)29-14-4-5-15-29/h6-13,16-17,28H,4-5,14-15H2,1-3H3,(H,27,30). The molecule has 37 heavy (non-hydrogen) atoms. The van der Waals surface area contributed by atoms with Gasteiger partial charge in [-0.1, -0.05) is 12.1 Å². The summed E-state index contributed by atoms with van der Waals surface area (Å²) in [6.07, 6.45) is 1.64. The number of methoxy groups -OCH3 is 1. The van der Waals surface area contributed by atoms with Gasteiger partial charge in [0.05, 0.1) is 22.6 Å². The number of carbonyl (C=O) groups is 1. The fourth-order valence-electron chi connectivity index (χ4n) is 4.10. The van der Waals surface area contributed by atoms with E-state index in [1.807, 2.05) is 13.0 Å². The second-order valence-electron chi connectivity index (χ2n) is 8.88. The molecule has 1 aliphatic rings. The molecule has 0 atom stereocenters. The lowest BCUT2D eigenvalue weighted by Gasteiger charge is -2.17. The number of amides is 1. The van der Waals surface area contributed by atoms with E-state index in [-0.39, 0.29) is 15.4 Å². The minimum atomic E-state index is -3.91. The number of rotatable bonds is 8. The van der Waals surface area contributed by atoms with Gasteiger partial charge in [-0.05, 0) is 86.3 Å². The van der Waals surface area contributed by atoms with Gasteiger partial charge in [0.2, 0.25) is 10.0 Å². The summed E-state index contributed by atoms with van der Waals surface area (Å²) in [5, 5.41) is 2.72. The van der Waals surface area contributed by atoms with E-state index in [9.17, 15) is 21.6 Å². The highest BCUT2D eigenvalue weighted by atomic mass is 32.2. The second-order valence-corrected chi connectivity index (χ2v) is 12.5. The Hall–Kier alpha value is -3.41. The average Bonchev–Trinajstić information content (AvgIpc) is 3.40. The summed E-state index contributed by atoms with van der Waals surface area (Å²) >= 11 is 0. The SMILES string of the molecule is COc1ccc(C)cc1NS(=O)(=O)c1ccc(NC(=O)c2cc(S(=O)(=O)N3CCCC3)ccc2C)cc1. The molecule has 0 radical (unpaired) electrons. The number of aryl methyl sites for hydroxylation is 2. The van der Waals surface area contributed by atoms with Crippen molar-refractivity contribution in [2.24, 2.45) is 0 Å². The van der Waals surface area contributed by atoms with Gasteiger partial charge in [0.15, 0.2) is 0 Å². The van der Waals surface area contributed by atoms with E-state index >= 15 is 0 Å². The third kappa shape index (κ3) is 5.79. The van der Waals surface area contributed by atoms with Crippen molar-refractivity contribution in [1.29, 1.82) is 0 Å². The molecule has 0 unspecified atom stereocenters. The molecule has 1 aliphatic heterocycles. The summed E-state index contributed by atoms with van der Waals surface area (Å²) in [5.74, 6) is -0.100. The number of carbonyl (C=O) groups excluding carboxylic acids is 1. The number of nitrogens with zero attached hydrogens (tertiary/aromatic N) is 1. The first-order chi connectivity index (χ1) is 17.5. The fraction of sp³-hybridized carbons (Fsp3) is 0.269. The quantitative estimate of drug-likeness (QED) is 0.440. The Labute approximate surface area is 217 Å². The maximum Gasteiger partial charge on any atom is 0.262 e. The average molecular weight is 544 g/mol. The molecule has 3 aromatic carbocycles. The highest BCUT2D eigenvalue weighted by molar-refractivity contribution is 7.92. The number of anilines is 2. The number of ether oxygens (including phenoxy) is 1. The zero-order chi connectivity index (χ0) is 26.8. The minimum absolute atomic E-state index is 0.00365. The predicted molar refractivity (Wildman–Crippen MR) is 142 cm³/mol. The molecule has 2 N–H and O–H groups in total. The van der Waals surface area contributed by atoms with E-state index < -0.39 is 26.0 Å². The Bertz CT molecular complexity index is 1530. The summed E-state index contributed by atoms with van der Waals surface area (Å²) in [6, 6.07) is 15.4. The monoisotopic (exact) mass is 543 g/mol. The van der Waals surface area contributed by atoms with Crippen LogP contribution in [0, 0.1) is 13.8 Å². The molecular weight excluding hydrogens is 514 g/mol. The van der Waals surface area contributed by atoms with Crippen molar-refractivity contribution < 1.29 is 26.4 Å². The molecular formula is C26H29N3O6S2. The summed E-state index contributed by atoms with van der Waals surface area (Å²) in [4.78, 5) is 13.1. The topological polar surface area (TPSA) is 122 Å². The number of hydrogen-bond donors (Lipinski definition) is 2. The third-order valence-corrected chi connectivity index (χ3v) is 9.45. The first kappa shape index (κ1) is 26.6. The summed E-state index contributed by atoms with van der Waals surface area (Å²) in [7, 11) is -6.12. The highest BCUT2D eigenvalue weighted by Gasteiger charge is 2.28. The molecule has 196 valence electrons. The number of sulfonamides is 2. The molecule has 0 spiro atoms. The first-order valence-corrected chi connectivity index (χ1v) is 14.6. The van der Waals surface area contributed by atoms with E-state index in [1.165, 1.54) is 47.8 Å². The van der Waals surface area contributed by atoms with Gasteiger partial charge >= 0.3 is 0 Å². The molecule has 9 nitrogen and oxygen atoms in total. The molecule has 1 saturated heterocycles. The van der Waals surface area contributed by atoms with E-state index in [2.05, 4.69) is 10.0 Å². The van der Waals surface area contributed by atoms with Gasteiger partial charge in [-0.15, -0.1) is 0 Å². The molecule has 3 aromatic rings. The van der Waals surface area contributed by atoms with Crippen molar-refractivity contribution >= 4 is 37.3 Å². The number of hydrogen-bond acceptors (Lipinski definition) is 6. The second kappa shape index (κ2) is 10.5. The van der Waals surface area contributed by atoms with Crippen LogP contribution in [0.4, 0.5) is 11.4 Å². The zero-order valence-electron chi connectivity index (χ0n) is 20.8. The zero-order valence-corrected chi connectivity index (χ0v) is 22.4. The van der Waals surface area contributed by atoms with Crippen molar-refractivity contribution in [2.75, 3.05) is 30.2 Å². The van der Waals surface area contributed by atoms with Gasteiger partial charge in [-0.25, -0.2) is 16.8 Å². The Morgan fingerprint density at radius 3 is 2.16 bits per heavy atom. The first-order valence-electron chi connectivity index (χ1n) is 11.7. The van der Waals surface area contributed by atoms with Crippen molar-refractivity contribution in [1.82, 2.24) is 4.31 Å². The van der Waals surface area contributed by atoms with Gasteiger partial charge in [-0.2, -0.15) is 4.31 Å². The molecule has 0 saturated carbocycles. The van der Waals surface area contributed by atoms with Crippen molar-refractivity contribution in [3.05, 3.63) is 77.4 Å². The van der Waals surface area contributed by atoms with Crippen LogP contribution in [0.2, 0.25) is 0 Å². The number of benzene rings is 3. The minimum Gasteiger partial charge on any atom is -0.495 e. The lowest BCUT2D eigenvalue weighted by Crippen LogP contribution is -2.28. The highest BCUT2D eigenvalue weighted by Crippen LogP contribution is 2.28. The summed E-state index contributed by atoms with van der Waals surface area (Å²) in [6.45, 7) is 4.51. The van der Waals surface area contributed by atoms with E-state index in [1.54, 1.807) is 25.1 Å². The van der Waals surface area contributed by atoms with Crippen LogP contribution in [0.5, 0.6) is 5.75 Å². The molecule has 1 amide bonds. The van der Waals surface area contributed by atoms with Gasteiger partial charge in [0, 0.05) is 24.3 Å². The van der Waals surface area contributed by atoms with Crippen LogP contribution in [0.15, 0.2) is 70.5 Å². The van der Waals surface area contributed by atoms with Crippen LogP contribution in [0.3, 0.4) is 0 Å². The normalized spacial score (nSPS) is 14.4. The van der Waals surface area contributed by atoms with Gasteiger partial charge < -0.3 is 10.1 Å². The van der Waals surface area contributed by atoms with E-state index in [0.29, 0.717) is 35.8 Å². The Kier molecular flexibility index (Phi) is 7.58. The van der Waals surface area contributed by atoms with Crippen molar-refractivity contribution in [2.45, 2.75) is 36.5 Å². The third-order valence-electron chi connectivity index (χ3n) is 6.18. The smallest absolute Gasteiger partial charge is 0.262 e. The van der Waals surface area contributed by atoms with Crippen LogP contribution < -0.4 is 14.8 Å². The van der Waals surface area contributed by atoms with Crippen LogP contribution in [-0.4, -0.2) is 47.2 Å². The van der Waals surface area contributed by atoms with Gasteiger partial charge in [0.25, 0.3) is 15.9 Å². The lowest BCUT2D eigenvalue weighted by molar-refractivity contribution is 0.102. The Morgan fingerprint density at radius 1 is 0.865 bits per heavy atom. The van der Waals surface area contributed by atoms with Crippen LogP contribution in [0.25, 0.3) is 0 Å². The fourth-order valence-corrected chi connectivity index (χ4v) is 6.71. The molecule has 11 heteroatoms. The van der Waals surface area contributed by atoms with Crippen molar-refractivity contribution in [3.8, 4) is 5.75 Å². The molecule has 0 aromatic heterocycles. The van der Waals surface area contributed by atoms with Gasteiger partial charge in [0.1, 0.15) is 5.75 Å². The number of nitrogens with one attached hydrogen (secondary N) is 2. The summed E-state index contributed by atoms with van der Waals surface area (Å²) < 4.78 is 60.9. The van der Waals surface area contributed by atoms with E-state index in [0.717, 1.165) is 18.4 Å². The maximum atomic E-state index is 13.0. The molecule has 0 bridgehead atoms. The van der Waals surface area contributed by atoms with Crippen LogP contribution >= 0.6 is 0 Å². The molecule has 0 aliphatic carbocycles. The molecule has 1 heterocycles.